The highest BCUT2D eigenvalue weighted by Crippen LogP contribution is 2.32. The zero-order valence-electron chi connectivity index (χ0n) is 11.9. The van der Waals surface area contributed by atoms with Crippen molar-refractivity contribution >= 4 is 17.2 Å². The molecule has 6 nitrogen and oxygen atoms in total. The van der Waals surface area contributed by atoms with Crippen LogP contribution in [0.2, 0.25) is 0 Å². The van der Waals surface area contributed by atoms with E-state index in [0.717, 1.165) is 18.5 Å². The third-order valence-corrected chi connectivity index (χ3v) is 4.57. The zero-order valence-corrected chi connectivity index (χ0v) is 12.7. The van der Waals surface area contributed by atoms with Gasteiger partial charge in [-0.2, -0.15) is 0 Å². The summed E-state index contributed by atoms with van der Waals surface area (Å²) < 4.78 is 0. The first-order valence-corrected chi connectivity index (χ1v) is 7.73. The molecule has 2 aromatic heterocycles. The van der Waals surface area contributed by atoms with Gasteiger partial charge in [0.05, 0.1) is 17.2 Å². The topological polar surface area (TPSA) is 79.0 Å². The molecule has 1 aliphatic heterocycles. The number of likely N-dealkylation sites (tertiary alicyclic amines) is 1. The maximum absolute atomic E-state index is 12.7. The molecule has 1 amide bonds. The van der Waals surface area contributed by atoms with Gasteiger partial charge in [-0.15, -0.1) is 11.3 Å². The highest BCUT2D eigenvalue weighted by atomic mass is 32.1. The van der Waals surface area contributed by atoms with Gasteiger partial charge in [0.1, 0.15) is 10.7 Å². The Bertz CT molecular complexity index is 737. The van der Waals surface area contributed by atoms with E-state index in [1.807, 2.05) is 6.92 Å². The molecule has 0 aromatic carbocycles. The third kappa shape index (κ3) is 2.61. The summed E-state index contributed by atoms with van der Waals surface area (Å²) >= 11 is 1.35. The first-order valence-electron chi connectivity index (χ1n) is 6.85. The molecule has 0 radical (unpaired) electrons. The summed E-state index contributed by atoms with van der Waals surface area (Å²) in [7, 11) is 0. The molecule has 0 bridgehead atoms. The van der Waals surface area contributed by atoms with E-state index in [1.54, 1.807) is 17.3 Å². The number of thiazole rings is 1. The number of nitrogens with zero attached hydrogens (tertiary/aromatic N) is 3. The standard InChI is InChI=1S/C14H16N4O2S/c1-8-6-11(19)17-13(16-8)10-4-3-5-18(10)14(20)12-9(2)15-7-21-12/h6-7,10H,3-5H2,1-2H3,(H,16,17,19)/t10-/m1/s1. The van der Waals surface area contributed by atoms with Crippen LogP contribution >= 0.6 is 11.3 Å². The molecular weight excluding hydrogens is 288 g/mol. The minimum atomic E-state index is -0.175. The molecule has 7 heteroatoms. The lowest BCUT2D eigenvalue weighted by atomic mass is 10.2. The second-order valence-corrected chi connectivity index (χ2v) is 6.05. The van der Waals surface area contributed by atoms with Crippen LogP contribution in [0.4, 0.5) is 0 Å². The third-order valence-electron chi connectivity index (χ3n) is 3.66. The fraction of sp³-hybridized carbons (Fsp3) is 0.429. The first kappa shape index (κ1) is 13.9. The van der Waals surface area contributed by atoms with Crippen molar-refractivity contribution in [3.8, 4) is 0 Å². The smallest absolute Gasteiger partial charge is 0.266 e. The van der Waals surface area contributed by atoms with Crippen LogP contribution in [0.15, 0.2) is 16.4 Å². The minimum Gasteiger partial charge on any atom is -0.328 e. The fourth-order valence-corrected chi connectivity index (χ4v) is 3.45. The number of aromatic amines is 1. The fourth-order valence-electron chi connectivity index (χ4n) is 2.69. The number of carbonyl (C=O) groups excluding carboxylic acids is 1. The van der Waals surface area contributed by atoms with Crippen molar-refractivity contribution in [1.29, 1.82) is 0 Å². The number of carbonyl (C=O) groups is 1. The van der Waals surface area contributed by atoms with Crippen molar-refractivity contribution in [2.45, 2.75) is 32.7 Å². The van der Waals surface area contributed by atoms with Gasteiger partial charge in [0.25, 0.3) is 11.5 Å². The molecule has 0 aliphatic carbocycles. The normalized spacial score (nSPS) is 18.2. The number of amides is 1. The Morgan fingerprint density at radius 1 is 1.48 bits per heavy atom. The summed E-state index contributed by atoms with van der Waals surface area (Å²) in [6.07, 6.45) is 1.72. The molecule has 2 aromatic rings. The van der Waals surface area contributed by atoms with E-state index in [9.17, 15) is 9.59 Å². The monoisotopic (exact) mass is 304 g/mol. The Labute approximate surface area is 125 Å². The average molecular weight is 304 g/mol. The van der Waals surface area contributed by atoms with Gasteiger partial charge in [-0.25, -0.2) is 9.97 Å². The lowest BCUT2D eigenvalue weighted by molar-refractivity contribution is 0.0733. The van der Waals surface area contributed by atoms with Gasteiger partial charge in [-0.3, -0.25) is 9.59 Å². The molecule has 21 heavy (non-hydrogen) atoms. The van der Waals surface area contributed by atoms with E-state index in [0.29, 0.717) is 22.9 Å². The molecule has 0 spiro atoms. The van der Waals surface area contributed by atoms with Gasteiger partial charge in [-0.1, -0.05) is 0 Å². The number of nitrogens with one attached hydrogen (secondary N) is 1. The van der Waals surface area contributed by atoms with Crippen LogP contribution in [-0.4, -0.2) is 32.3 Å². The second-order valence-electron chi connectivity index (χ2n) is 5.20. The number of rotatable bonds is 2. The maximum Gasteiger partial charge on any atom is 0.266 e. The summed E-state index contributed by atoms with van der Waals surface area (Å²) in [6, 6.07) is 1.30. The number of hydrogen-bond acceptors (Lipinski definition) is 5. The number of aromatic nitrogens is 3. The van der Waals surface area contributed by atoms with Crippen LogP contribution in [0.5, 0.6) is 0 Å². The van der Waals surface area contributed by atoms with Gasteiger partial charge >= 0.3 is 0 Å². The lowest BCUT2D eigenvalue weighted by Crippen LogP contribution is -2.32. The van der Waals surface area contributed by atoms with Crippen LogP contribution in [-0.2, 0) is 0 Å². The molecule has 1 N–H and O–H groups in total. The first-order chi connectivity index (χ1) is 10.1. The molecule has 0 unspecified atom stereocenters. The summed E-state index contributed by atoms with van der Waals surface area (Å²) in [6.45, 7) is 4.30. The van der Waals surface area contributed by atoms with E-state index in [-0.39, 0.29) is 17.5 Å². The highest BCUT2D eigenvalue weighted by Gasteiger charge is 2.33. The van der Waals surface area contributed by atoms with E-state index >= 15 is 0 Å². The van der Waals surface area contributed by atoms with Crippen LogP contribution < -0.4 is 5.56 Å². The van der Waals surface area contributed by atoms with Crippen molar-refractivity contribution in [2.24, 2.45) is 0 Å². The zero-order chi connectivity index (χ0) is 15.0. The predicted molar refractivity (Wildman–Crippen MR) is 79.5 cm³/mol. The van der Waals surface area contributed by atoms with E-state index in [1.165, 1.54) is 17.4 Å². The largest absolute Gasteiger partial charge is 0.328 e. The van der Waals surface area contributed by atoms with Crippen molar-refractivity contribution in [3.05, 3.63) is 44.0 Å². The molecule has 1 aliphatic rings. The molecular formula is C14H16N4O2S. The Balaban J connectivity index is 1.94. The van der Waals surface area contributed by atoms with Gasteiger partial charge in [0.2, 0.25) is 0 Å². The quantitative estimate of drug-likeness (QED) is 0.918. The summed E-state index contributed by atoms with van der Waals surface area (Å²) in [5.41, 5.74) is 2.93. The molecule has 3 rings (SSSR count). The molecule has 110 valence electrons. The summed E-state index contributed by atoms with van der Waals surface area (Å²) in [5, 5.41) is 0. The summed E-state index contributed by atoms with van der Waals surface area (Å²) in [4.78, 5) is 38.0. The molecule has 1 saturated heterocycles. The van der Waals surface area contributed by atoms with Crippen LogP contribution in [0.25, 0.3) is 0 Å². The highest BCUT2D eigenvalue weighted by molar-refractivity contribution is 7.11. The number of hydrogen-bond donors (Lipinski definition) is 1. The Hall–Kier alpha value is -2.02. The Morgan fingerprint density at radius 2 is 2.29 bits per heavy atom. The minimum absolute atomic E-state index is 0.0262. The van der Waals surface area contributed by atoms with E-state index in [4.69, 9.17) is 0 Å². The van der Waals surface area contributed by atoms with Gasteiger partial charge in [0, 0.05) is 18.3 Å². The summed E-state index contributed by atoms with van der Waals surface area (Å²) in [5.74, 6) is 0.551. The van der Waals surface area contributed by atoms with Crippen LogP contribution in [0.1, 0.15) is 45.8 Å². The average Bonchev–Trinajstić information content (AvgIpc) is 3.05. The van der Waals surface area contributed by atoms with E-state index < -0.39 is 0 Å². The van der Waals surface area contributed by atoms with E-state index in [2.05, 4.69) is 15.0 Å². The second kappa shape index (κ2) is 5.40. The van der Waals surface area contributed by atoms with Crippen molar-refractivity contribution in [3.63, 3.8) is 0 Å². The molecule has 0 saturated carbocycles. The van der Waals surface area contributed by atoms with Crippen molar-refractivity contribution in [2.75, 3.05) is 6.54 Å². The Morgan fingerprint density at radius 3 is 2.95 bits per heavy atom. The number of aryl methyl sites for hydroxylation is 2. The van der Waals surface area contributed by atoms with Crippen LogP contribution in [0.3, 0.4) is 0 Å². The number of H-pyrrole nitrogens is 1. The van der Waals surface area contributed by atoms with Crippen LogP contribution in [0, 0.1) is 13.8 Å². The van der Waals surface area contributed by atoms with Crippen molar-refractivity contribution in [1.82, 2.24) is 19.9 Å². The van der Waals surface area contributed by atoms with Crippen molar-refractivity contribution < 1.29 is 4.79 Å². The molecule has 1 atom stereocenters. The SMILES string of the molecule is Cc1cc(=O)[nH]c([C@H]2CCCN2C(=O)c2scnc2C)n1. The van der Waals surface area contributed by atoms with Gasteiger partial charge in [0.15, 0.2) is 0 Å². The van der Waals surface area contributed by atoms with Gasteiger partial charge < -0.3 is 9.88 Å². The predicted octanol–water partition coefficient (Wildman–Crippen LogP) is 1.82. The Kier molecular flexibility index (Phi) is 3.59. The molecule has 3 heterocycles. The molecule has 1 fully saturated rings. The lowest BCUT2D eigenvalue weighted by Gasteiger charge is -2.23. The maximum atomic E-state index is 12.7. The van der Waals surface area contributed by atoms with Gasteiger partial charge in [-0.05, 0) is 26.7 Å².